The fourth-order valence-electron chi connectivity index (χ4n) is 2.77. The molecule has 2 saturated carbocycles. The van der Waals surface area contributed by atoms with Gasteiger partial charge in [0.2, 0.25) is 0 Å². The van der Waals surface area contributed by atoms with Gasteiger partial charge in [-0.1, -0.05) is 0 Å². The van der Waals surface area contributed by atoms with Crippen LogP contribution in [0.1, 0.15) is 19.3 Å². The zero-order chi connectivity index (χ0) is 11.2. The number of hydrogen-bond donors (Lipinski definition) is 3. The van der Waals surface area contributed by atoms with E-state index >= 15 is 0 Å². The molecule has 2 aliphatic carbocycles. The molecule has 0 heterocycles. The fourth-order valence-corrected chi connectivity index (χ4v) is 2.77. The van der Waals surface area contributed by atoms with Crippen molar-refractivity contribution in [1.29, 1.82) is 0 Å². The van der Waals surface area contributed by atoms with E-state index in [4.69, 9.17) is 0 Å². The molecule has 0 aromatic carbocycles. The molecule has 4 atom stereocenters. The first-order chi connectivity index (χ1) is 6.96. The maximum atomic E-state index is 11.6. The number of carbonyl (C=O) groups excluding carboxylic acids is 1. The normalized spacial score (nSPS) is 43.1. The Morgan fingerprint density at radius 2 is 2.13 bits per heavy atom. The molecule has 5 nitrogen and oxygen atoms in total. The molecule has 2 bridgehead atoms. The Labute approximate surface area is 89.1 Å². The number of carbonyl (C=O) groups is 1. The molecule has 0 spiro atoms. The molecule has 3 N–H and O–H groups in total. The highest BCUT2D eigenvalue weighted by Crippen LogP contribution is 2.47. The number of amides is 2. The SMILES string of the molecule is CN(C)C(=O)NC12CCC(C1)[C@H](O)[C@@H]2O. The maximum Gasteiger partial charge on any atom is 0.317 e. The number of aliphatic hydroxyl groups excluding tert-OH is 2. The third-order valence-corrected chi connectivity index (χ3v) is 3.72. The summed E-state index contributed by atoms with van der Waals surface area (Å²) in [6.07, 6.45) is 0.831. The third kappa shape index (κ3) is 1.50. The molecule has 0 saturated heterocycles. The van der Waals surface area contributed by atoms with Gasteiger partial charge in [-0.15, -0.1) is 0 Å². The first-order valence-corrected chi connectivity index (χ1v) is 5.32. The van der Waals surface area contributed by atoms with Gasteiger partial charge < -0.3 is 20.4 Å². The second-order valence-corrected chi connectivity index (χ2v) is 4.92. The molecule has 0 aromatic rings. The molecule has 0 aromatic heterocycles. The largest absolute Gasteiger partial charge is 0.390 e. The lowest BCUT2D eigenvalue weighted by Crippen LogP contribution is -2.58. The van der Waals surface area contributed by atoms with Crippen molar-refractivity contribution >= 4 is 6.03 Å². The van der Waals surface area contributed by atoms with Crippen molar-refractivity contribution in [2.75, 3.05) is 14.1 Å². The van der Waals surface area contributed by atoms with Crippen LogP contribution in [0.25, 0.3) is 0 Å². The Morgan fingerprint density at radius 1 is 1.47 bits per heavy atom. The molecule has 5 heteroatoms. The van der Waals surface area contributed by atoms with Crippen molar-refractivity contribution in [3.63, 3.8) is 0 Å². The topological polar surface area (TPSA) is 72.8 Å². The van der Waals surface area contributed by atoms with Gasteiger partial charge in [-0.2, -0.15) is 0 Å². The van der Waals surface area contributed by atoms with Gasteiger partial charge in [0.05, 0.1) is 11.6 Å². The number of nitrogens with one attached hydrogen (secondary N) is 1. The number of urea groups is 1. The van der Waals surface area contributed by atoms with Crippen LogP contribution in [0, 0.1) is 5.92 Å². The van der Waals surface area contributed by atoms with Crippen LogP contribution in [0.5, 0.6) is 0 Å². The molecule has 2 amide bonds. The van der Waals surface area contributed by atoms with Gasteiger partial charge in [0, 0.05) is 14.1 Å². The van der Waals surface area contributed by atoms with E-state index in [1.54, 1.807) is 14.1 Å². The van der Waals surface area contributed by atoms with Crippen LogP contribution in [0.2, 0.25) is 0 Å². The maximum absolute atomic E-state index is 11.6. The molecular formula is C10H18N2O3. The van der Waals surface area contributed by atoms with Gasteiger partial charge >= 0.3 is 6.03 Å². The molecule has 0 radical (unpaired) electrons. The van der Waals surface area contributed by atoms with E-state index in [-0.39, 0.29) is 11.9 Å². The van der Waals surface area contributed by atoms with E-state index in [1.165, 1.54) is 4.90 Å². The molecule has 86 valence electrons. The Balaban J connectivity index is 2.11. The lowest BCUT2D eigenvalue weighted by atomic mass is 9.89. The molecule has 0 aliphatic heterocycles. The molecule has 2 unspecified atom stereocenters. The van der Waals surface area contributed by atoms with Gasteiger partial charge in [0.1, 0.15) is 6.10 Å². The summed E-state index contributed by atoms with van der Waals surface area (Å²) in [5.41, 5.74) is -0.592. The quantitative estimate of drug-likeness (QED) is 0.552. The van der Waals surface area contributed by atoms with E-state index in [1.807, 2.05) is 0 Å². The number of hydrogen-bond acceptors (Lipinski definition) is 3. The summed E-state index contributed by atoms with van der Waals surface area (Å²) in [5.74, 6) is 0.141. The van der Waals surface area contributed by atoms with Crippen LogP contribution in [-0.4, -0.2) is 53.0 Å². The van der Waals surface area contributed by atoms with E-state index in [0.717, 1.165) is 12.8 Å². The second kappa shape index (κ2) is 3.35. The summed E-state index contributed by atoms with van der Waals surface area (Å²) in [6.45, 7) is 0. The molecule has 2 rings (SSSR count). The zero-order valence-corrected chi connectivity index (χ0v) is 9.10. The van der Waals surface area contributed by atoms with Crippen LogP contribution in [-0.2, 0) is 0 Å². The molecule has 2 fully saturated rings. The first kappa shape index (κ1) is 10.7. The van der Waals surface area contributed by atoms with Crippen LogP contribution in [0.4, 0.5) is 4.79 Å². The van der Waals surface area contributed by atoms with Crippen LogP contribution < -0.4 is 5.32 Å². The van der Waals surface area contributed by atoms with Gasteiger partial charge in [-0.25, -0.2) is 4.79 Å². The highest BCUT2D eigenvalue weighted by molar-refractivity contribution is 5.74. The predicted octanol–water partition coefficient (Wildman–Crippen LogP) is -0.468. The standard InChI is InChI=1S/C10H18N2O3/c1-12(2)9(15)11-10-4-3-6(5-10)7(13)8(10)14/h6-8,13-14H,3-5H2,1-2H3,(H,11,15)/t6?,7-,8-,10?/m0/s1. The Bertz CT molecular complexity index is 282. The predicted molar refractivity (Wildman–Crippen MR) is 54.3 cm³/mol. The first-order valence-electron chi connectivity index (χ1n) is 5.32. The number of nitrogens with zero attached hydrogens (tertiary/aromatic N) is 1. The zero-order valence-electron chi connectivity index (χ0n) is 9.10. The summed E-state index contributed by atoms with van der Waals surface area (Å²) in [4.78, 5) is 13.0. The molecule has 2 aliphatic rings. The monoisotopic (exact) mass is 214 g/mol. The van der Waals surface area contributed by atoms with Crippen molar-refractivity contribution < 1.29 is 15.0 Å². The lowest BCUT2D eigenvalue weighted by molar-refractivity contribution is -0.0315. The smallest absolute Gasteiger partial charge is 0.317 e. The van der Waals surface area contributed by atoms with E-state index in [2.05, 4.69) is 5.32 Å². The minimum absolute atomic E-state index is 0.141. The van der Waals surface area contributed by atoms with Crippen molar-refractivity contribution in [3.8, 4) is 0 Å². The highest BCUT2D eigenvalue weighted by Gasteiger charge is 2.57. The number of rotatable bonds is 1. The van der Waals surface area contributed by atoms with Crippen LogP contribution in [0.3, 0.4) is 0 Å². The Morgan fingerprint density at radius 3 is 2.60 bits per heavy atom. The van der Waals surface area contributed by atoms with E-state index < -0.39 is 17.7 Å². The minimum Gasteiger partial charge on any atom is -0.390 e. The molecule has 15 heavy (non-hydrogen) atoms. The second-order valence-electron chi connectivity index (χ2n) is 4.92. The average molecular weight is 214 g/mol. The summed E-state index contributed by atoms with van der Waals surface area (Å²) in [5, 5.41) is 22.4. The van der Waals surface area contributed by atoms with Gasteiger partial charge in [0.15, 0.2) is 0 Å². The molecular weight excluding hydrogens is 196 g/mol. The average Bonchev–Trinajstić information content (AvgIpc) is 2.67. The lowest BCUT2D eigenvalue weighted by Gasteiger charge is -2.35. The van der Waals surface area contributed by atoms with Gasteiger partial charge in [0.25, 0.3) is 0 Å². The van der Waals surface area contributed by atoms with E-state index in [9.17, 15) is 15.0 Å². The van der Waals surface area contributed by atoms with Crippen LogP contribution in [0.15, 0.2) is 0 Å². The van der Waals surface area contributed by atoms with Crippen molar-refractivity contribution in [2.24, 2.45) is 5.92 Å². The van der Waals surface area contributed by atoms with E-state index in [0.29, 0.717) is 6.42 Å². The number of aliphatic hydroxyl groups is 2. The van der Waals surface area contributed by atoms with Gasteiger partial charge in [-0.05, 0) is 25.2 Å². The number of fused-ring (bicyclic) bond motifs is 2. The van der Waals surface area contributed by atoms with Crippen molar-refractivity contribution in [1.82, 2.24) is 10.2 Å². The highest BCUT2D eigenvalue weighted by atomic mass is 16.3. The summed E-state index contributed by atoms with van der Waals surface area (Å²) < 4.78 is 0. The summed E-state index contributed by atoms with van der Waals surface area (Å²) in [7, 11) is 3.33. The minimum atomic E-state index is -0.819. The van der Waals surface area contributed by atoms with Gasteiger partial charge in [-0.3, -0.25) is 0 Å². The Hall–Kier alpha value is -0.810. The van der Waals surface area contributed by atoms with Crippen LogP contribution >= 0.6 is 0 Å². The summed E-state index contributed by atoms with van der Waals surface area (Å²) >= 11 is 0. The fraction of sp³-hybridized carbons (Fsp3) is 0.900. The van der Waals surface area contributed by atoms with Crippen molar-refractivity contribution in [2.45, 2.75) is 37.0 Å². The third-order valence-electron chi connectivity index (χ3n) is 3.72. The Kier molecular flexibility index (Phi) is 2.39. The summed E-state index contributed by atoms with van der Waals surface area (Å²) in [6, 6.07) is -0.205. The van der Waals surface area contributed by atoms with Crippen molar-refractivity contribution in [3.05, 3.63) is 0 Å².